The highest BCUT2D eigenvalue weighted by Gasteiger charge is 2.19. The van der Waals surface area contributed by atoms with E-state index in [2.05, 4.69) is 10.4 Å². The predicted molar refractivity (Wildman–Crippen MR) is 127 cm³/mol. The van der Waals surface area contributed by atoms with E-state index in [9.17, 15) is 14.4 Å². The summed E-state index contributed by atoms with van der Waals surface area (Å²) in [5.41, 5.74) is 0.725. The van der Waals surface area contributed by atoms with E-state index in [1.165, 1.54) is 31.6 Å². The number of carbonyl (C=O) groups is 1. The molecule has 0 unspecified atom stereocenters. The maximum atomic E-state index is 13.1. The van der Waals surface area contributed by atoms with Gasteiger partial charge in [0.15, 0.2) is 0 Å². The summed E-state index contributed by atoms with van der Waals surface area (Å²) >= 11 is 2.80. The van der Waals surface area contributed by atoms with Crippen LogP contribution in [0.25, 0.3) is 16.0 Å². The number of rotatable bonds is 7. The first-order valence-corrected chi connectivity index (χ1v) is 11.8. The summed E-state index contributed by atoms with van der Waals surface area (Å²) < 4.78 is 9.59. The molecule has 4 aromatic heterocycles. The zero-order chi connectivity index (χ0) is 22.9. The minimum absolute atomic E-state index is 0.206. The van der Waals surface area contributed by atoms with E-state index >= 15 is 0 Å². The molecule has 5 rings (SSSR count). The second-order valence-electron chi connectivity index (χ2n) is 7.31. The number of nitrogens with zero attached hydrogens (tertiary/aromatic N) is 4. The normalized spacial score (nSPS) is 11.3. The van der Waals surface area contributed by atoms with E-state index < -0.39 is 5.69 Å². The van der Waals surface area contributed by atoms with Gasteiger partial charge in [-0.2, -0.15) is 0 Å². The van der Waals surface area contributed by atoms with Crippen molar-refractivity contribution in [3.8, 4) is 5.75 Å². The molecule has 33 heavy (non-hydrogen) atoms. The fourth-order valence-corrected chi connectivity index (χ4v) is 5.09. The van der Waals surface area contributed by atoms with Crippen molar-refractivity contribution in [2.75, 3.05) is 7.11 Å². The van der Waals surface area contributed by atoms with E-state index in [0.717, 1.165) is 20.9 Å². The minimum atomic E-state index is -0.465. The summed E-state index contributed by atoms with van der Waals surface area (Å²) in [6, 6.07) is 12.9. The van der Waals surface area contributed by atoms with E-state index in [4.69, 9.17) is 4.74 Å². The van der Waals surface area contributed by atoms with Crippen molar-refractivity contribution in [3.63, 3.8) is 0 Å². The number of hydrogen-bond acceptors (Lipinski definition) is 7. The molecule has 0 aliphatic carbocycles. The monoisotopic (exact) mass is 481 g/mol. The third-order valence-electron chi connectivity index (χ3n) is 5.22. The topological polar surface area (TPSA) is 99.6 Å². The zero-order valence-electron chi connectivity index (χ0n) is 17.6. The molecule has 0 aliphatic heterocycles. The summed E-state index contributed by atoms with van der Waals surface area (Å²) in [6.07, 6.45) is 0. The average Bonchev–Trinajstić information content (AvgIpc) is 3.57. The smallest absolute Gasteiger partial charge is 0.352 e. The Hall–Kier alpha value is -3.70. The van der Waals surface area contributed by atoms with Gasteiger partial charge in [-0.15, -0.1) is 27.8 Å². The van der Waals surface area contributed by atoms with Gasteiger partial charge in [0.25, 0.3) is 5.56 Å². The van der Waals surface area contributed by atoms with Gasteiger partial charge in [0, 0.05) is 11.4 Å². The molecule has 11 heteroatoms. The lowest BCUT2D eigenvalue weighted by Gasteiger charge is -2.06. The van der Waals surface area contributed by atoms with Gasteiger partial charge in [0.05, 0.1) is 19.2 Å². The molecular formula is C22H19N5O4S2. The van der Waals surface area contributed by atoms with Crippen molar-refractivity contribution in [3.05, 3.63) is 84.5 Å². The van der Waals surface area contributed by atoms with Gasteiger partial charge in [0.1, 0.15) is 17.0 Å². The molecule has 168 valence electrons. The van der Waals surface area contributed by atoms with Gasteiger partial charge < -0.3 is 10.1 Å². The van der Waals surface area contributed by atoms with Crippen LogP contribution in [0.2, 0.25) is 0 Å². The van der Waals surface area contributed by atoms with E-state index in [-0.39, 0.29) is 23.8 Å². The van der Waals surface area contributed by atoms with Gasteiger partial charge in [0.2, 0.25) is 11.7 Å². The van der Waals surface area contributed by atoms with Crippen LogP contribution in [0.1, 0.15) is 10.4 Å². The summed E-state index contributed by atoms with van der Waals surface area (Å²) in [7, 11) is 1.59. The van der Waals surface area contributed by atoms with Crippen LogP contribution < -0.4 is 21.3 Å². The van der Waals surface area contributed by atoms with Gasteiger partial charge in [-0.1, -0.05) is 18.2 Å². The first-order chi connectivity index (χ1) is 16.0. The molecule has 1 amide bonds. The Morgan fingerprint density at radius 2 is 1.91 bits per heavy atom. The molecule has 1 N–H and O–H groups in total. The molecule has 0 bridgehead atoms. The number of fused-ring (bicyclic) bond motifs is 3. The molecule has 0 atom stereocenters. The van der Waals surface area contributed by atoms with Crippen molar-refractivity contribution in [1.29, 1.82) is 0 Å². The molecule has 4 heterocycles. The van der Waals surface area contributed by atoms with Crippen LogP contribution >= 0.6 is 22.7 Å². The Kier molecular flexibility index (Phi) is 5.56. The highest BCUT2D eigenvalue weighted by Crippen LogP contribution is 2.19. The largest absolute Gasteiger partial charge is 0.497 e. The lowest BCUT2D eigenvalue weighted by molar-refractivity contribution is -0.122. The number of aromatic nitrogens is 4. The van der Waals surface area contributed by atoms with Crippen LogP contribution in [0.5, 0.6) is 5.75 Å². The summed E-state index contributed by atoms with van der Waals surface area (Å²) in [4.78, 5) is 39.8. The first-order valence-electron chi connectivity index (χ1n) is 10.1. The molecule has 0 radical (unpaired) electrons. The third-order valence-corrected chi connectivity index (χ3v) is 6.98. The standard InChI is InChI=1S/C22H19N5O4S2/c1-31-15-6-4-14(5-7-15)11-23-18(28)13-26-22(30)27-17-8-10-33-19(17)20(29)25(21(27)24-26)12-16-3-2-9-32-16/h2-10H,11-13H2,1H3,(H,23,28). The second-order valence-corrected chi connectivity index (χ2v) is 9.25. The van der Waals surface area contributed by atoms with Gasteiger partial charge in [-0.05, 0) is 40.6 Å². The van der Waals surface area contributed by atoms with E-state index in [1.807, 2.05) is 41.8 Å². The zero-order valence-corrected chi connectivity index (χ0v) is 19.2. The van der Waals surface area contributed by atoms with Crippen LogP contribution in [0.4, 0.5) is 0 Å². The van der Waals surface area contributed by atoms with Crippen molar-refractivity contribution in [2.45, 2.75) is 19.6 Å². The van der Waals surface area contributed by atoms with Gasteiger partial charge in [-0.25, -0.2) is 13.9 Å². The van der Waals surface area contributed by atoms with Crippen molar-refractivity contribution in [2.24, 2.45) is 0 Å². The predicted octanol–water partition coefficient (Wildman–Crippen LogP) is 2.31. The van der Waals surface area contributed by atoms with E-state index in [0.29, 0.717) is 23.3 Å². The van der Waals surface area contributed by atoms with Crippen LogP contribution in [-0.4, -0.2) is 31.8 Å². The highest BCUT2D eigenvalue weighted by atomic mass is 32.1. The van der Waals surface area contributed by atoms with Crippen molar-refractivity contribution >= 4 is 44.6 Å². The highest BCUT2D eigenvalue weighted by molar-refractivity contribution is 7.17. The summed E-state index contributed by atoms with van der Waals surface area (Å²) in [5.74, 6) is 0.590. The first kappa shape index (κ1) is 21.2. The van der Waals surface area contributed by atoms with Crippen molar-refractivity contribution in [1.82, 2.24) is 24.1 Å². The molecule has 0 fully saturated rings. The maximum absolute atomic E-state index is 13.1. The molecule has 9 nitrogen and oxygen atoms in total. The summed E-state index contributed by atoms with van der Waals surface area (Å²) in [6.45, 7) is 0.353. The number of amides is 1. The minimum Gasteiger partial charge on any atom is -0.497 e. The third kappa shape index (κ3) is 3.96. The Balaban J connectivity index is 1.46. The Labute approximate surface area is 195 Å². The molecule has 5 aromatic rings. The molecule has 0 aliphatic rings. The summed E-state index contributed by atoms with van der Waals surface area (Å²) in [5, 5.41) is 10.9. The van der Waals surface area contributed by atoms with E-state index in [1.54, 1.807) is 18.6 Å². The van der Waals surface area contributed by atoms with Crippen molar-refractivity contribution < 1.29 is 9.53 Å². The molecule has 0 saturated heterocycles. The van der Waals surface area contributed by atoms with Gasteiger partial charge in [-0.3, -0.25) is 14.2 Å². The number of thiophene rings is 2. The lowest BCUT2D eigenvalue weighted by Crippen LogP contribution is -2.32. The Morgan fingerprint density at radius 1 is 1.09 bits per heavy atom. The number of hydrogen-bond donors (Lipinski definition) is 1. The fourth-order valence-electron chi connectivity index (χ4n) is 3.57. The number of ether oxygens (including phenoxy) is 1. The Morgan fingerprint density at radius 3 is 2.64 bits per heavy atom. The second kappa shape index (κ2) is 8.68. The van der Waals surface area contributed by atoms with Crippen LogP contribution in [-0.2, 0) is 24.4 Å². The SMILES string of the molecule is COc1ccc(CNC(=O)Cn2nc3n(Cc4cccs4)c(=O)c4sccc4n3c2=O)cc1. The average molecular weight is 482 g/mol. The van der Waals surface area contributed by atoms with Gasteiger partial charge >= 0.3 is 5.69 Å². The molecule has 1 aromatic carbocycles. The fraction of sp³-hybridized carbons (Fsp3) is 0.182. The number of benzene rings is 1. The van der Waals surface area contributed by atoms with Crippen LogP contribution in [0, 0.1) is 0 Å². The quantitative estimate of drug-likeness (QED) is 0.385. The lowest BCUT2D eigenvalue weighted by atomic mass is 10.2. The number of nitrogens with one attached hydrogen (secondary N) is 1. The molecule has 0 saturated carbocycles. The number of carbonyl (C=O) groups excluding carboxylic acids is 1. The maximum Gasteiger partial charge on any atom is 0.352 e. The van der Waals surface area contributed by atoms with Crippen LogP contribution in [0.15, 0.2) is 62.8 Å². The Bertz CT molecular complexity index is 1560. The molecule has 0 spiro atoms. The van der Waals surface area contributed by atoms with Crippen LogP contribution in [0.3, 0.4) is 0 Å². The number of methoxy groups -OCH3 is 1. The molecular weight excluding hydrogens is 462 g/mol.